The van der Waals surface area contributed by atoms with Crippen molar-refractivity contribution in [2.45, 2.75) is 99.3 Å². The standard InChI is InChI=1S/C27H28ClF2N5O2S.C27H29F2N5O3S.C27H30FN5O3S/c1-5-22(36)35-14(3)9-33(10-15(35)4)26-18-6-13(2)23(17-7-19(28)21(30)8-20(17)29)25-24(18)34(27(37)32-26)11-16(31)12-38-25;1-3-22(35)32-7-9-33(10-8-32)26-20-12-16(2)23(19-5-4-17(28)13-21(19)29)25-24(20)34(27(36)31-26)14-18(15-38-25)37-11-6-30;1-3-22(34)31-9-11-32(12-10-31)26-21-14-17(2)23(18-4-6-19(28)7-5-18)25-24(21)33(27(35)30-26)15-20(16-37-25)36-13-8-29/h5-8,14-16H,1,9-12,31H2,2-4H3;3-5,12-13,18H,1,6-11,14-15,30H2,2H3;3-7,14,20H,1,8-13,15-16,29H2,2H3/t14-,15+,16?;;. The Hall–Kier alpha value is -9.44. The van der Waals surface area contributed by atoms with Crippen LogP contribution < -0.4 is 49.0 Å². The summed E-state index contributed by atoms with van der Waals surface area (Å²) in [7, 11) is 0. The number of ether oxygens (including phenoxy) is 2. The zero-order valence-electron chi connectivity index (χ0n) is 63.2. The van der Waals surface area contributed by atoms with E-state index in [0.29, 0.717) is 160 Å². The number of nitrogens with two attached hydrogens (primary N) is 3. The van der Waals surface area contributed by atoms with E-state index >= 15 is 8.78 Å². The molecule has 113 heavy (non-hydrogen) atoms. The van der Waals surface area contributed by atoms with Crippen LogP contribution in [0, 0.1) is 49.9 Å². The van der Waals surface area contributed by atoms with Gasteiger partial charge in [-0.1, -0.05) is 43.5 Å². The molecule has 0 spiro atoms. The Balaban J connectivity index is 0.000000148. The molecule has 6 aliphatic rings. The number of halogens is 6. The highest BCUT2D eigenvalue weighted by molar-refractivity contribution is 8.00. The van der Waals surface area contributed by atoms with E-state index in [1.165, 1.54) is 72.1 Å². The Morgan fingerprint density at radius 1 is 0.504 bits per heavy atom. The highest BCUT2D eigenvalue weighted by Crippen LogP contribution is 2.48. The number of aryl methyl sites for hydroxylation is 3. The molecule has 3 amide bonds. The molecular weight excluding hydrogens is 1540 g/mol. The summed E-state index contributed by atoms with van der Waals surface area (Å²) in [6.07, 6.45) is 3.43. The highest BCUT2D eigenvalue weighted by atomic mass is 35.5. The number of thioether (sulfide) groups is 3. The van der Waals surface area contributed by atoms with Crippen LogP contribution in [0.1, 0.15) is 30.5 Å². The van der Waals surface area contributed by atoms with Crippen LogP contribution in [0.4, 0.5) is 39.4 Å². The predicted octanol–water partition coefficient (Wildman–Crippen LogP) is 10.1. The Kier molecular flexibility index (Phi) is 25.1. The SMILES string of the molecule is C=CC(=O)N1CCN(c2nc(=O)n3c4c(c(-c5ccc(F)cc5)c(C)cc24)SCC(OCCN)C3)CC1.C=CC(=O)N1CCN(c2nc(=O)n3c4c(c(-c5ccc(F)cc5F)c(C)cc24)SCC(OCCN)C3)CC1.C=CC(=O)N1[C@H](C)CN(c2nc(=O)n3c4c(c(-c5cc(Cl)c(F)cc5F)c(C)cc24)SCC(N)C3)C[C@@H]1C. The minimum atomic E-state index is -0.840. The van der Waals surface area contributed by atoms with E-state index in [9.17, 15) is 41.9 Å². The Morgan fingerprint density at radius 3 is 1.36 bits per heavy atom. The van der Waals surface area contributed by atoms with Crippen LogP contribution in [-0.2, 0) is 43.5 Å². The van der Waals surface area contributed by atoms with E-state index in [1.54, 1.807) is 52.3 Å². The molecule has 15 rings (SSSR count). The number of hydrogen-bond acceptors (Lipinski definition) is 20. The van der Waals surface area contributed by atoms with Gasteiger partial charge >= 0.3 is 17.1 Å². The molecule has 9 heterocycles. The molecular formula is C81H87ClF5N15O8S3. The maximum absolute atomic E-state index is 15.1. The summed E-state index contributed by atoms with van der Waals surface area (Å²) in [6, 6.07) is 17.3. The molecule has 5 atom stereocenters. The van der Waals surface area contributed by atoms with Crippen LogP contribution >= 0.6 is 46.9 Å². The highest BCUT2D eigenvalue weighted by Gasteiger charge is 2.37. The third-order valence-electron chi connectivity index (χ3n) is 21.0. The van der Waals surface area contributed by atoms with Crippen LogP contribution in [0.5, 0.6) is 0 Å². The van der Waals surface area contributed by atoms with Gasteiger partial charge in [-0.05, 0) is 124 Å². The van der Waals surface area contributed by atoms with Gasteiger partial charge in [0.2, 0.25) is 17.7 Å². The van der Waals surface area contributed by atoms with Gasteiger partial charge in [-0.3, -0.25) is 28.1 Å². The van der Waals surface area contributed by atoms with Crippen molar-refractivity contribution in [3.8, 4) is 33.4 Å². The molecule has 0 radical (unpaired) electrons. The van der Waals surface area contributed by atoms with Gasteiger partial charge in [0.05, 0.1) is 60.1 Å². The van der Waals surface area contributed by atoms with Gasteiger partial charge in [0.15, 0.2) is 0 Å². The molecule has 9 aromatic rings. The maximum atomic E-state index is 15.1. The van der Waals surface area contributed by atoms with Crippen molar-refractivity contribution >= 4 is 115 Å². The second-order valence-corrected chi connectivity index (χ2v) is 32.1. The number of carbonyl (C=O) groups is 3. The lowest BCUT2D eigenvalue weighted by Gasteiger charge is -2.44. The van der Waals surface area contributed by atoms with Gasteiger partial charge < -0.3 is 56.1 Å². The molecule has 594 valence electrons. The molecule has 6 aromatic carbocycles. The van der Waals surface area contributed by atoms with Crippen molar-refractivity contribution in [1.82, 2.24) is 43.4 Å². The Morgan fingerprint density at radius 2 is 0.912 bits per heavy atom. The van der Waals surface area contributed by atoms with Crippen molar-refractivity contribution in [3.63, 3.8) is 0 Å². The quantitative estimate of drug-likeness (QED) is 0.0489. The van der Waals surface area contributed by atoms with Crippen molar-refractivity contribution in [1.29, 1.82) is 0 Å². The van der Waals surface area contributed by atoms with Crippen molar-refractivity contribution in [2.75, 3.05) is 124 Å². The second kappa shape index (κ2) is 34.7. The summed E-state index contributed by atoms with van der Waals surface area (Å²) in [4.78, 5) is 104. The van der Waals surface area contributed by atoms with Crippen molar-refractivity contribution in [3.05, 3.63) is 193 Å². The molecule has 0 aliphatic carbocycles. The molecule has 3 fully saturated rings. The fraction of sp³-hybridized carbons (Fsp3) is 0.370. The molecule has 3 unspecified atom stereocenters. The summed E-state index contributed by atoms with van der Waals surface area (Å²) in [5.74, 6) is -0.251. The van der Waals surface area contributed by atoms with E-state index in [1.807, 2.05) is 56.6 Å². The third kappa shape index (κ3) is 16.5. The number of rotatable bonds is 15. The number of piperazine rings is 3. The molecule has 0 bridgehead atoms. The summed E-state index contributed by atoms with van der Waals surface area (Å²) in [6.45, 7) is 27.9. The van der Waals surface area contributed by atoms with Gasteiger partial charge in [0.1, 0.15) is 46.5 Å². The zero-order valence-corrected chi connectivity index (χ0v) is 66.4. The molecule has 3 saturated heterocycles. The summed E-state index contributed by atoms with van der Waals surface area (Å²) in [5.41, 5.74) is 24.5. The van der Waals surface area contributed by atoms with E-state index in [2.05, 4.69) is 45.7 Å². The van der Waals surface area contributed by atoms with Crippen molar-refractivity contribution < 1.29 is 45.8 Å². The van der Waals surface area contributed by atoms with Gasteiger partial charge in [0, 0.05) is 191 Å². The minimum Gasteiger partial charge on any atom is -0.374 e. The lowest BCUT2D eigenvalue weighted by atomic mass is 9.97. The summed E-state index contributed by atoms with van der Waals surface area (Å²) in [5, 5.41) is 2.19. The second-order valence-electron chi connectivity index (χ2n) is 28.6. The van der Waals surface area contributed by atoms with Crippen LogP contribution in [0.15, 0.2) is 140 Å². The lowest BCUT2D eigenvalue weighted by Crippen LogP contribution is -2.58. The monoisotopic (exact) mass is 1620 g/mol. The number of aromatic nitrogens is 6. The number of benzene rings is 6. The number of amides is 3. The van der Waals surface area contributed by atoms with Gasteiger partial charge in [-0.2, -0.15) is 15.0 Å². The average Bonchev–Trinajstić information content (AvgIpc) is 1.72. The first-order valence-corrected chi connectivity index (χ1v) is 40.5. The van der Waals surface area contributed by atoms with E-state index in [0.717, 1.165) is 71.4 Å². The number of anilines is 3. The first-order chi connectivity index (χ1) is 54.2. The average molecular weight is 1630 g/mol. The Labute approximate surface area is 666 Å². The fourth-order valence-corrected chi connectivity index (χ4v) is 19.9. The van der Waals surface area contributed by atoms with Gasteiger partial charge in [0.25, 0.3) is 0 Å². The summed E-state index contributed by atoms with van der Waals surface area (Å²) >= 11 is 10.6. The van der Waals surface area contributed by atoms with Crippen LogP contribution in [0.2, 0.25) is 5.02 Å². The molecule has 0 saturated carbocycles. The normalized spacial score (nSPS) is 18.9. The van der Waals surface area contributed by atoms with Crippen molar-refractivity contribution in [2.24, 2.45) is 17.2 Å². The topological polar surface area (TPSA) is 272 Å². The first-order valence-electron chi connectivity index (χ1n) is 37.1. The maximum Gasteiger partial charge on any atom is 0.350 e. The number of hydrogen-bond donors (Lipinski definition) is 3. The first kappa shape index (κ1) is 81.6. The zero-order chi connectivity index (χ0) is 80.5. The largest absolute Gasteiger partial charge is 0.374 e. The third-order valence-corrected chi connectivity index (χ3v) is 25.0. The molecule has 32 heteroatoms. The number of nitrogens with zero attached hydrogens (tertiary/aromatic N) is 12. The van der Waals surface area contributed by atoms with Crippen LogP contribution in [0.25, 0.3) is 66.1 Å². The molecule has 23 nitrogen and oxygen atoms in total. The summed E-state index contributed by atoms with van der Waals surface area (Å²) < 4.78 is 88.4. The molecule has 6 N–H and O–H groups in total. The van der Waals surface area contributed by atoms with Gasteiger partial charge in [-0.15, -0.1) is 35.3 Å². The Bertz CT molecular complexity index is 5460. The minimum absolute atomic E-state index is 0.0965. The smallest absolute Gasteiger partial charge is 0.350 e. The predicted molar refractivity (Wildman–Crippen MR) is 437 cm³/mol. The molecule has 3 aromatic heterocycles. The van der Waals surface area contributed by atoms with E-state index in [-0.39, 0.29) is 88.8 Å². The fourth-order valence-electron chi connectivity index (χ4n) is 15.9. The van der Waals surface area contributed by atoms with E-state index in [4.69, 9.17) is 38.3 Å². The van der Waals surface area contributed by atoms with Crippen LogP contribution in [0.3, 0.4) is 0 Å². The van der Waals surface area contributed by atoms with E-state index < -0.39 is 34.6 Å². The number of carbonyl (C=O) groups excluding carboxylic acids is 3. The lowest BCUT2D eigenvalue weighted by molar-refractivity contribution is -0.130. The molecule has 6 aliphatic heterocycles. The van der Waals surface area contributed by atoms with Gasteiger partial charge in [-0.25, -0.2) is 36.3 Å². The van der Waals surface area contributed by atoms with Crippen LogP contribution in [-0.4, -0.2) is 200 Å².